The molecule has 6 nitrogen and oxygen atoms in total. The molecule has 1 saturated heterocycles. The quantitative estimate of drug-likeness (QED) is 0.784. The van der Waals surface area contributed by atoms with E-state index in [9.17, 15) is 35.9 Å². The molecule has 12 heteroatoms. The monoisotopic (exact) mass is 371 g/mol. The normalized spacial score (nSPS) is 21.3. The molecule has 0 bridgehead atoms. The number of alkyl halides is 6. The molecule has 0 unspecified atom stereocenters. The van der Waals surface area contributed by atoms with Crippen molar-refractivity contribution in [3.05, 3.63) is 24.0 Å². The number of carboxylic acid groups (broad SMARTS) is 1. The predicted molar refractivity (Wildman–Crippen MR) is 70.5 cm³/mol. The zero-order chi connectivity index (χ0) is 19.0. The molecule has 2 amide bonds. The van der Waals surface area contributed by atoms with E-state index >= 15 is 0 Å². The number of pyridine rings is 1. The van der Waals surface area contributed by atoms with E-state index in [1.165, 1.54) is 0 Å². The van der Waals surface area contributed by atoms with Gasteiger partial charge in [-0.1, -0.05) is 0 Å². The summed E-state index contributed by atoms with van der Waals surface area (Å²) in [6.07, 6.45) is -8.90. The zero-order valence-corrected chi connectivity index (χ0v) is 12.2. The maximum Gasteiger partial charge on any atom is 0.435 e. The summed E-state index contributed by atoms with van der Waals surface area (Å²) in [5, 5.41) is 10.7. The van der Waals surface area contributed by atoms with Crippen molar-refractivity contribution < 1.29 is 41.0 Å². The number of nitrogens with one attached hydrogen (secondary N) is 1. The zero-order valence-electron chi connectivity index (χ0n) is 12.2. The van der Waals surface area contributed by atoms with Gasteiger partial charge in [-0.2, -0.15) is 26.3 Å². The lowest BCUT2D eigenvalue weighted by Gasteiger charge is -2.19. The highest BCUT2D eigenvalue weighted by Gasteiger charge is 2.53. The highest BCUT2D eigenvalue weighted by Crippen LogP contribution is 2.38. The van der Waals surface area contributed by atoms with Crippen molar-refractivity contribution in [2.24, 2.45) is 11.8 Å². The summed E-state index contributed by atoms with van der Waals surface area (Å²) in [6, 6.07) is 0.726. The number of urea groups is 1. The maximum absolute atomic E-state index is 12.9. The van der Waals surface area contributed by atoms with Crippen molar-refractivity contribution in [2.45, 2.75) is 12.4 Å². The van der Waals surface area contributed by atoms with E-state index in [1.807, 2.05) is 5.32 Å². The number of carbonyl (C=O) groups is 2. The molecule has 0 radical (unpaired) electrons. The molecule has 1 aromatic heterocycles. The van der Waals surface area contributed by atoms with E-state index in [0.717, 1.165) is 18.3 Å². The summed E-state index contributed by atoms with van der Waals surface area (Å²) in [5.74, 6) is -5.93. The molecule has 25 heavy (non-hydrogen) atoms. The van der Waals surface area contributed by atoms with E-state index in [2.05, 4.69) is 4.98 Å². The number of hydrogen-bond acceptors (Lipinski definition) is 3. The van der Waals surface area contributed by atoms with Gasteiger partial charge in [0.15, 0.2) is 5.69 Å². The van der Waals surface area contributed by atoms with Crippen LogP contribution in [0, 0.1) is 11.8 Å². The number of anilines is 1. The molecule has 1 aromatic rings. The van der Waals surface area contributed by atoms with E-state index in [4.69, 9.17) is 5.11 Å². The number of halogens is 6. The fourth-order valence-corrected chi connectivity index (χ4v) is 2.48. The number of aromatic nitrogens is 1. The largest absolute Gasteiger partial charge is 0.481 e. The third-order valence-corrected chi connectivity index (χ3v) is 3.66. The van der Waals surface area contributed by atoms with Crippen LogP contribution in [0.5, 0.6) is 0 Å². The number of aliphatic carboxylic acids is 1. The van der Waals surface area contributed by atoms with Gasteiger partial charge in [-0.25, -0.2) is 9.78 Å². The molecular weight excluding hydrogens is 360 g/mol. The number of carbonyl (C=O) groups excluding carboxylic acids is 1. The molecule has 1 aliphatic heterocycles. The average molecular weight is 371 g/mol. The van der Waals surface area contributed by atoms with E-state index in [1.54, 1.807) is 0 Å². The highest BCUT2D eigenvalue weighted by molar-refractivity contribution is 5.90. The van der Waals surface area contributed by atoms with Crippen LogP contribution in [0.2, 0.25) is 0 Å². The van der Waals surface area contributed by atoms with Crippen LogP contribution in [-0.4, -0.2) is 46.3 Å². The highest BCUT2D eigenvalue weighted by atomic mass is 19.4. The van der Waals surface area contributed by atoms with Crippen molar-refractivity contribution in [2.75, 3.05) is 18.4 Å². The number of likely N-dealkylation sites (tertiary alicyclic amines) is 1. The van der Waals surface area contributed by atoms with Gasteiger partial charge in [0.1, 0.15) is 0 Å². The molecule has 0 aliphatic carbocycles. The second kappa shape index (κ2) is 6.41. The Balaban J connectivity index is 2.19. The van der Waals surface area contributed by atoms with Gasteiger partial charge in [-0.05, 0) is 12.1 Å². The average Bonchev–Trinajstić information content (AvgIpc) is 2.92. The Morgan fingerprint density at radius 2 is 1.84 bits per heavy atom. The van der Waals surface area contributed by atoms with Crippen LogP contribution in [0.4, 0.5) is 36.8 Å². The fraction of sp³-hybridized carbons (Fsp3) is 0.462. The van der Waals surface area contributed by atoms with Gasteiger partial charge in [-0.15, -0.1) is 0 Å². The first-order valence-electron chi connectivity index (χ1n) is 6.79. The van der Waals surface area contributed by atoms with Crippen molar-refractivity contribution in [3.63, 3.8) is 0 Å². The van der Waals surface area contributed by atoms with Crippen LogP contribution in [0.3, 0.4) is 0 Å². The van der Waals surface area contributed by atoms with Gasteiger partial charge in [0.2, 0.25) is 0 Å². The third-order valence-electron chi connectivity index (χ3n) is 3.66. The van der Waals surface area contributed by atoms with Crippen molar-refractivity contribution in [1.82, 2.24) is 9.88 Å². The van der Waals surface area contributed by atoms with Gasteiger partial charge in [-0.3, -0.25) is 4.79 Å². The van der Waals surface area contributed by atoms with Crippen LogP contribution in [-0.2, 0) is 11.0 Å². The Labute approximate surface area is 136 Å². The first kappa shape index (κ1) is 18.8. The molecule has 2 heterocycles. The third kappa shape index (κ3) is 4.12. The molecule has 0 aromatic carbocycles. The molecule has 0 saturated carbocycles. The van der Waals surface area contributed by atoms with Gasteiger partial charge in [0.25, 0.3) is 0 Å². The summed E-state index contributed by atoms with van der Waals surface area (Å²) in [7, 11) is 0. The summed E-state index contributed by atoms with van der Waals surface area (Å²) in [4.78, 5) is 26.6. The molecule has 1 fully saturated rings. The predicted octanol–water partition coefficient (Wildman–Crippen LogP) is 2.83. The SMILES string of the molecule is O=C(O)[C@@H]1CN(C(=O)Nc2cccnc2C(F)(F)F)C[C@H]1C(F)(F)F. The topological polar surface area (TPSA) is 82.5 Å². The minimum Gasteiger partial charge on any atom is -0.481 e. The Morgan fingerprint density at radius 3 is 2.32 bits per heavy atom. The Kier molecular flexibility index (Phi) is 4.82. The Bertz CT molecular complexity index is 676. The summed E-state index contributed by atoms with van der Waals surface area (Å²) in [5.41, 5.74) is -2.15. The molecule has 138 valence electrons. The van der Waals surface area contributed by atoms with Crippen molar-refractivity contribution in [1.29, 1.82) is 0 Å². The number of nitrogens with zero attached hydrogens (tertiary/aromatic N) is 2. The van der Waals surface area contributed by atoms with Crippen LogP contribution < -0.4 is 5.32 Å². The standard InChI is InChI=1S/C13H11F6N3O3/c14-12(15,16)7-5-22(4-6(7)10(23)24)11(25)21-8-2-1-3-20-9(8)13(17,18)19/h1-3,6-7H,4-5H2,(H,21,25)(H,23,24)/t6-,7-/m1/s1. The molecule has 1 aliphatic rings. The number of amides is 2. The number of hydrogen-bond donors (Lipinski definition) is 2. The molecule has 2 rings (SSSR count). The maximum atomic E-state index is 12.9. The number of carboxylic acids is 1. The summed E-state index contributed by atoms with van der Waals surface area (Å²) >= 11 is 0. The van der Waals surface area contributed by atoms with Crippen LogP contribution in [0.15, 0.2) is 18.3 Å². The van der Waals surface area contributed by atoms with Gasteiger partial charge in [0, 0.05) is 19.3 Å². The van der Waals surface area contributed by atoms with Crippen LogP contribution >= 0.6 is 0 Å². The van der Waals surface area contributed by atoms with E-state index in [0.29, 0.717) is 4.90 Å². The first-order valence-corrected chi connectivity index (χ1v) is 6.79. The molecule has 2 atom stereocenters. The lowest BCUT2D eigenvalue weighted by atomic mass is 9.96. The smallest absolute Gasteiger partial charge is 0.435 e. The minimum atomic E-state index is -4.88. The Morgan fingerprint density at radius 1 is 1.20 bits per heavy atom. The first-order chi connectivity index (χ1) is 11.4. The van der Waals surface area contributed by atoms with Crippen molar-refractivity contribution in [3.8, 4) is 0 Å². The molecular formula is C13H11F6N3O3. The lowest BCUT2D eigenvalue weighted by molar-refractivity contribution is -0.187. The summed E-state index contributed by atoms with van der Waals surface area (Å²) in [6.45, 7) is -1.74. The van der Waals surface area contributed by atoms with Gasteiger partial charge < -0.3 is 15.3 Å². The second-order valence-corrected chi connectivity index (χ2v) is 5.33. The Hall–Kier alpha value is -2.53. The van der Waals surface area contributed by atoms with E-state index < -0.39 is 60.7 Å². The lowest BCUT2D eigenvalue weighted by Crippen LogP contribution is -2.35. The second-order valence-electron chi connectivity index (χ2n) is 5.33. The van der Waals surface area contributed by atoms with Crippen LogP contribution in [0.1, 0.15) is 5.69 Å². The molecule has 2 N–H and O–H groups in total. The van der Waals surface area contributed by atoms with Gasteiger partial charge in [0.05, 0.1) is 17.5 Å². The van der Waals surface area contributed by atoms with Crippen LogP contribution in [0.25, 0.3) is 0 Å². The van der Waals surface area contributed by atoms with E-state index in [-0.39, 0.29) is 0 Å². The minimum absolute atomic E-state index is 0.518. The number of rotatable bonds is 2. The van der Waals surface area contributed by atoms with Crippen molar-refractivity contribution >= 4 is 17.7 Å². The fourth-order valence-electron chi connectivity index (χ4n) is 2.48. The van der Waals surface area contributed by atoms with Gasteiger partial charge >= 0.3 is 24.4 Å². The summed E-state index contributed by atoms with van der Waals surface area (Å²) < 4.78 is 77.0. The molecule has 0 spiro atoms.